The first-order chi connectivity index (χ1) is 10.6. The number of benzene rings is 1. The molecule has 0 fully saturated rings. The second-order valence-electron chi connectivity index (χ2n) is 4.42. The van der Waals surface area contributed by atoms with Crippen LogP contribution in [0.3, 0.4) is 0 Å². The van der Waals surface area contributed by atoms with Crippen molar-refractivity contribution in [3.05, 3.63) is 54.9 Å². The number of hydroxylamine groups is 1. The van der Waals surface area contributed by atoms with Gasteiger partial charge in [0.25, 0.3) is 0 Å². The van der Waals surface area contributed by atoms with Gasteiger partial charge in [-0.05, 0) is 24.3 Å². The van der Waals surface area contributed by atoms with E-state index in [1.165, 1.54) is 19.2 Å². The van der Waals surface area contributed by atoms with Gasteiger partial charge in [-0.1, -0.05) is 6.07 Å². The summed E-state index contributed by atoms with van der Waals surface area (Å²) in [5.41, 5.74) is 0.797. The van der Waals surface area contributed by atoms with Crippen molar-refractivity contribution in [2.45, 2.75) is 6.54 Å². The number of halogens is 1. The maximum absolute atomic E-state index is 12.0. The standard InChI is InChI=1S/C15H15N3O4.ClH/c1-22-15(20)16-12-5-7-13(8-6-12)18(21)14(19)11-17-9-3-2-4-10-17;/h2-10,21H,11H2,1H3;1H. The number of aromatic nitrogens is 1. The predicted molar refractivity (Wildman–Crippen MR) is 78.4 cm³/mol. The summed E-state index contributed by atoms with van der Waals surface area (Å²) in [6.45, 7) is 0.0134. The van der Waals surface area contributed by atoms with E-state index in [0.717, 1.165) is 0 Å². The first kappa shape index (κ1) is 18.4. The largest absolute Gasteiger partial charge is 1.00 e. The van der Waals surface area contributed by atoms with Crippen LogP contribution < -0.4 is 27.4 Å². The molecule has 0 aliphatic carbocycles. The molecule has 23 heavy (non-hydrogen) atoms. The normalized spacial score (nSPS) is 9.48. The smallest absolute Gasteiger partial charge is 0.411 e. The molecular formula is C15H16ClN3O4. The number of carbonyl (C=O) groups excluding carboxylic acids is 2. The van der Waals surface area contributed by atoms with E-state index in [-0.39, 0.29) is 19.0 Å². The second-order valence-corrected chi connectivity index (χ2v) is 4.42. The van der Waals surface area contributed by atoms with Crippen molar-refractivity contribution in [3.8, 4) is 0 Å². The predicted octanol–water partition coefficient (Wildman–Crippen LogP) is -1.42. The summed E-state index contributed by atoms with van der Waals surface area (Å²) in [5, 5.41) is 13.0. The Morgan fingerprint density at radius 2 is 1.78 bits per heavy atom. The Bertz CT molecular complexity index is 650. The third-order valence-electron chi connectivity index (χ3n) is 2.88. The number of pyridine rings is 1. The first-order valence-electron chi connectivity index (χ1n) is 6.51. The number of amides is 2. The number of nitrogens with zero attached hydrogens (tertiary/aromatic N) is 2. The molecule has 1 aromatic heterocycles. The van der Waals surface area contributed by atoms with Crippen molar-refractivity contribution in [1.29, 1.82) is 0 Å². The molecule has 8 heteroatoms. The molecule has 2 amide bonds. The number of ether oxygens (including phenoxy) is 1. The van der Waals surface area contributed by atoms with Crippen molar-refractivity contribution >= 4 is 23.4 Å². The van der Waals surface area contributed by atoms with E-state index < -0.39 is 12.0 Å². The molecule has 0 aliphatic heterocycles. The molecule has 2 aromatic rings. The highest BCUT2D eigenvalue weighted by atomic mass is 35.5. The summed E-state index contributed by atoms with van der Waals surface area (Å²) < 4.78 is 6.12. The van der Waals surface area contributed by atoms with Crippen molar-refractivity contribution in [2.24, 2.45) is 0 Å². The van der Waals surface area contributed by atoms with E-state index in [1.807, 2.05) is 6.07 Å². The van der Waals surface area contributed by atoms with Gasteiger partial charge in [0.2, 0.25) is 6.54 Å². The molecule has 0 saturated carbocycles. The minimum Gasteiger partial charge on any atom is -1.00 e. The Kier molecular flexibility index (Phi) is 6.98. The number of hydrogen-bond acceptors (Lipinski definition) is 4. The van der Waals surface area contributed by atoms with Crippen LogP contribution in [0, 0.1) is 0 Å². The van der Waals surface area contributed by atoms with Crippen LogP contribution in [0.1, 0.15) is 0 Å². The molecule has 0 radical (unpaired) electrons. The van der Waals surface area contributed by atoms with E-state index in [4.69, 9.17) is 0 Å². The lowest BCUT2D eigenvalue weighted by molar-refractivity contribution is -0.684. The Labute approximate surface area is 139 Å². The molecule has 2 rings (SSSR count). The zero-order chi connectivity index (χ0) is 15.9. The minimum absolute atomic E-state index is 0. The van der Waals surface area contributed by atoms with E-state index in [0.29, 0.717) is 16.4 Å². The van der Waals surface area contributed by atoms with Crippen molar-refractivity contribution in [3.63, 3.8) is 0 Å². The van der Waals surface area contributed by atoms with Gasteiger partial charge in [0.05, 0.1) is 12.8 Å². The molecule has 0 atom stereocenters. The van der Waals surface area contributed by atoms with Crippen LogP contribution in [0.15, 0.2) is 54.9 Å². The summed E-state index contributed by atoms with van der Waals surface area (Å²) in [5.74, 6) is -0.482. The molecule has 0 unspecified atom stereocenters. The monoisotopic (exact) mass is 337 g/mol. The third kappa shape index (κ3) is 5.24. The topological polar surface area (TPSA) is 82.8 Å². The first-order valence-corrected chi connectivity index (χ1v) is 6.51. The van der Waals surface area contributed by atoms with Crippen LogP contribution in [-0.4, -0.2) is 24.3 Å². The van der Waals surface area contributed by atoms with Crippen LogP contribution in [-0.2, 0) is 16.1 Å². The molecule has 0 bridgehead atoms. The van der Waals surface area contributed by atoms with Gasteiger partial charge in [-0.25, -0.2) is 4.79 Å². The maximum Gasteiger partial charge on any atom is 0.411 e. The SMILES string of the molecule is COC(=O)Nc1ccc(N(O)C(=O)C[n+]2ccccc2)cc1.[Cl-]. The van der Waals surface area contributed by atoms with Crippen molar-refractivity contribution in [2.75, 3.05) is 17.5 Å². The quantitative estimate of drug-likeness (QED) is 0.407. The number of rotatable bonds is 4. The van der Waals surface area contributed by atoms with Gasteiger partial charge in [-0.15, -0.1) is 0 Å². The summed E-state index contributed by atoms with van der Waals surface area (Å²) >= 11 is 0. The molecule has 1 aromatic carbocycles. The molecule has 2 N–H and O–H groups in total. The van der Waals surface area contributed by atoms with Crippen LogP contribution in [0.2, 0.25) is 0 Å². The molecule has 0 spiro atoms. The molecule has 0 aliphatic rings. The number of nitrogens with one attached hydrogen (secondary N) is 1. The fourth-order valence-electron chi connectivity index (χ4n) is 1.76. The van der Waals surface area contributed by atoms with Crippen LogP contribution in [0.4, 0.5) is 16.2 Å². The lowest BCUT2D eigenvalue weighted by atomic mass is 10.2. The third-order valence-corrected chi connectivity index (χ3v) is 2.88. The summed E-state index contributed by atoms with van der Waals surface area (Å²) in [6.07, 6.45) is 2.87. The van der Waals surface area contributed by atoms with Crippen molar-refractivity contribution in [1.82, 2.24) is 0 Å². The summed E-state index contributed by atoms with van der Waals surface area (Å²) in [6, 6.07) is 11.6. The van der Waals surface area contributed by atoms with Gasteiger partial charge in [-0.3, -0.25) is 15.3 Å². The number of methoxy groups -OCH3 is 1. The van der Waals surface area contributed by atoms with Gasteiger partial charge < -0.3 is 17.1 Å². The van der Waals surface area contributed by atoms with Crippen LogP contribution in [0.25, 0.3) is 0 Å². The van der Waals surface area contributed by atoms with E-state index in [2.05, 4.69) is 10.1 Å². The van der Waals surface area contributed by atoms with Gasteiger partial charge in [0.1, 0.15) is 0 Å². The van der Waals surface area contributed by atoms with Crippen LogP contribution in [0.5, 0.6) is 0 Å². The fourth-order valence-corrected chi connectivity index (χ4v) is 1.76. The zero-order valence-electron chi connectivity index (χ0n) is 12.3. The number of carbonyl (C=O) groups is 2. The highest BCUT2D eigenvalue weighted by molar-refractivity contribution is 5.90. The fraction of sp³-hybridized carbons (Fsp3) is 0.133. The van der Waals surface area contributed by atoms with Crippen LogP contribution >= 0.6 is 0 Å². The highest BCUT2D eigenvalue weighted by Crippen LogP contribution is 2.17. The number of anilines is 2. The summed E-state index contributed by atoms with van der Waals surface area (Å²) in [4.78, 5) is 23.0. The minimum atomic E-state index is -0.592. The average Bonchev–Trinajstić information content (AvgIpc) is 2.55. The van der Waals surface area contributed by atoms with E-state index in [1.54, 1.807) is 41.2 Å². The Balaban J connectivity index is 0.00000264. The molecule has 0 saturated heterocycles. The highest BCUT2D eigenvalue weighted by Gasteiger charge is 2.17. The van der Waals surface area contributed by atoms with Gasteiger partial charge in [0.15, 0.2) is 12.4 Å². The van der Waals surface area contributed by atoms with Gasteiger partial charge in [-0.2, -0.15) is 9.63 Å². The van der Waals surface area contributed by atoms with E-state index >= 15 is 0 Å². The lowest BCUT2D eigenvalue weighted by Crippen LogP contribution is -3.00. The summed E-state index contributed by atoms with van der Waals surface area (Å²) in [7, 11) is 1.26. The van der Waals surface area contributed by atoms with E-state index in [9.17, 15) is 14.8 Å². The van der Waals surface area contributed by atoms with Crippen molar-refractivity contribution < 1.29 is 36.5 Å². The molecule has 1 heterocycles. The molecule has 122 valence electrons. The van der Waals surface area contributed by atoms with Gasteiger partial charge in [0, 0.05) is 17.8 Å². The molecular weight excluding hydrogens is 322 g/mol. The second kappa shape index (κ2) is 8.72. The number of hydrogen-bond donors (Lipinski definition) is 2. The zero-order valence-corrected chi connectivity index (χ0v) is 13.1. The maximum atomic E-state index is 12.0. The Morgan fingerprint density at radius 3 is 2.35 bits per heavy atom. The van der Waals surface area contributed by atoms with Gasteiger partial charge >= 0.3 is 12.0 Å². The Morgan fingerprint density at radius 1 is 1.17 bits per heavy atom. The Hall–Kier alpha value is -2.64. The lowest BCUT2D eigenvalue weighted by Gasteiger charge is -2.13. The average molecular weight is 338 g/mol. The molecule has 7 nitrogen and oxygen atoms in total.